The zero-order chi connectivity index (χ0) is 13.1. The Morgan fingerprint density at radius 1 is 1.22 bits per heavy atom. The zero-order valence-electron chi connectivity index (χ0n) is 10.2. The van der Waals surface area contributed by atoms with Gasteiger partial charge in [0.25, 0.3) is 0 Å². The van der Waals surface area contributed by atoms with Crippen LogP contribution in [0.25, 0.3) is 11.1 Å². The fourth-order valence-electron chi connectivity index (χ4n) is 1.65. The average molecular weight is 247 g/mol. The highest BCUT2D eigenvalue weighted by atomic mass is 19.1. The maximum absolute atomic E-state index is 12.9. The highest BCUT2D eigenvalue weighted by Gasteiger charge is 2.07. The minimum absolute atomic E-state index is 0.0452. The molecule has 0 unspecified atom stereocenters. The summed E-state index contributed by atoms with van der Waals surface area (Å²) in [4.78, 5) is 4.05. The molecule has 18 heavy (non-hydrogen) atoms. The van der Waals surface area contributed by atoms with Crippen LogP contribution in [0.4, 0.5) is 4.39 Å². The van der Waals surface area contributed by atoms with Crippen LogP contribution < -0.4 is 4.74 Å². The van der Waals surface area contributed by atoms with Gasteiger partial charge in [-0.05, 0) is 32.0 Å². The lowest BCUT2D eigenvalue weighted by molar-refractivity contribution is 0.241. The van der Waals surface area contributed by atoms with E-state index in [0.717, 1.165) is 6.07 Å². The molecule has 0 spiro atoms. The van der Waals surface area contributed by atoms with E-state index in [-0.39, 0.29) is 11.9 Å². The van der Waals surface area contributed by atoms with Gasteiger partial charge in [0, 0.05) is 23.4 Å². The molecule has 1 aromatic carbocycles. The Morgan fingerprint density at radius 3 is 2.67 bits per heavy atom. The summed E-state index contributed by atoms with van der Waals surface area (Å²) in [6.07, 6.45) is 3.24. The molecule has 94 valence electrons. The minimum Gasteiger partial charge on any atom is -0.507 e. The minimum atomic E-state index is -0.473. The SMILES string of the molecule is CC(C)Oc1cncc(-c2ccc(F)cc2O)c1. The number of hydrogen-bond donors (Lipinski definition) is 1. The van der Waals surface area contributed by atoms with Gasteiger partial charge in [-0.3, -0.25) is 4.98 Å². The lowest BCUT2D eigenvalue weighted by Gasteiger charge is -2.11. The van der Waals surface area contributed by atoms with Crippen LogP contribution in [0.15, 0.2) is 36.7 Å². The van der Waals surface area contributed by atoms with Crippen LogP contribution in [0.3, 0.4) is 0 Å². The van der Waals surface area contributed by atoms with Crippen molar-refractivity contribution in [1.29, 1.82) is 0 Å². The summed E-state index contributed by atoms with van der Waals surface area (Å²) in [7, 11) is 0. The van der Waals surface area contributed by atoms with E-state index in [1.54, 1.807) is 18.5 Å². The molecule has 0 saturated carbocycles. The van der Waals surface area contributed by atoms with Gasteiger partial charge >= 0.3 is 0 Å². The molecule has 0 aliphatic heterocycles. The Morgan fingerprint density at radius 2 is 2.00 bits per heavy atom. The molecule has 0 aliphatic carbocycles. The van der Waals surface area contributed by atoms with Crippen molar-refractivity contribution in [2.24, 2.45) is 0 Å². The van der Waals surface area contributed by atoms with E-state index in [4.69, 9.17) is 4.74 Å². The van der Waals surface area contributed by atoms with Gasteiger partial charge in [-0.25, -0.2) is 4.39 Å². The second kappa shape index (κ2) is 5.04. The van der Waals surface area contributed by atoms with E-state index in [2.05, 4.69) is 4.98 Å². The van der Waals surface area contributed by atoms with Gasteiger partial charge in [-0.15, -0.1) is 0 Å². The van der Waals surface area contributed by atoms with Gasteiger partial charge in [0.2, 0.25) is 0 Å². The molecule has 0 saturated heterocycles. The van der Waals surface area contributed by atoms with Crippen LogP contribution in [0.2, 0.25) is 0 Å². The Labute approximate surface area is 105 Å². The first-order chi connectivity index (χ1) is 8.56. The van der Waals surface area contributed by atoms with Crippen molar-refractivity contribution in [3.8, 4) is 22.6 Å². The Balaban J connectivity index is 2.38. The molecule has 1 heterocycles. The van der Waals surface area contributed by atoms with E-state index in [9.17, 15) is 9.50 Å². The van der Waals surface area contributed by atoms with E-state index in [0.29, 0.717) is 16.9 Å². The fraction of sp³-hybridized carbons (Fsp3) is 0.214. The Hall–Kier alpha value is -2.10. The van der Waals surface area contributed by atoms with Crippen LogP contribution in [0, 0.1) is 5.82 Å². The maximum atomic E-state index is 12.9. The van der Waals surface area contributed by atoms with Crippen molar-refractivity contribution in [3.05, 3.63) is 42.5 Å². The van der Waals surface area contributed by atoms with Crippen LogP contribution in [0.1, 0.15) is 13.8 Å². The molecule has 0 atom stereocenters. The monoisotopic (exact) mass is 247 g/mol. The number of aromatic nitrogens is 1. The van der Waals surface area contributed by atoms with E-state index < -0.39 is 5.82 Å². The molecule has 3 nitrogen and oxygen atoms in total. The number of benzene rings is 1. The Kier molecular flexibility index (Phi) is 3.46. The van der Waals surface area contributed by atoms with Crippen molar-refractivity contribution in [3.63, 3.8) is 0 Å². The number of pyridine rings is 1. The number of phenolic OH excluding ortho intramolecular Hbond substituents is 1. The summed E-state index contributed by atoms with van der Waals surface area (Å²) in [5.41, 5.74) is 1.21. The zero-order valence-corrected chi connectivity index (χ0v) is 10.2. The molecule has 0 radical (unpaired) electrons. The number of hydrogen-bond acceptors (Lipinski definition) is 3. The summed E-state index contributed by atoms with van der Waals surface area (Å²) in [6.45, 7) is 3.84. The average Bonchev–Trinajstić information content (AvgIpc) is 2.28. The van der Waals surface area contributed by atoms with E-state index in [1.165, 1.54) is 12.1 Å². The molecule has 1 aromatic heterocycles. The van der Waals surface area contributed by atoms with Gasteiger partial charge in [0.15, 0.2) is 0 Å². The third-order valence-corrected chi connectivity index (χ3v) is 2.36. The van der Waals surface area contributed by atoms with E-state index >= 15 is 0 Å². The standard InChI is InChI=1S/C14H14FNO2/c1-9(2)18-12-5-10(7-16-8-12)13-4-3-11(15)6-14(13)17/h3-9,17H,1-2H3. The summed E-state index contributed by atoms with van der Waals surface area (Å²) in [6, 6.07) is 5.65. The van der Waals surface area contributed by atoms with Crippen molar-refractivity contribution < 1.29 is 14.2 Å². The first-order valence-electron chi connectivity index (χ1n) is 5.67. The normalized spacial score (nSPS) is 10.7. The number of nitrogens with zero attached hydrogens (tertiary/aromatic N) is 1. The van der Waals surface area contributed by atoms with Gasteiger partial charge in [0.05, 0.1) is 12.3 Å². The quantitative estimate of drug-likeness (QED) is 0.904. The second-order valence-corrected chi connectivity index (χ2v) is 4.24. The van der Waals surface area contributed by atoms with Crippen LogP contribution in [-0.4, -0.2) is 16.2 Å². The predicted molar refractivity (Wildman–Crippen MR) is 67.1 cm³/mol. The Bertz CT molecular complexity index is 555. The third kappa shape index (κ3) is 2.77. The first kappa shape index (κ1) is 12.4. The molecule has 0 bridgehead atoms. The largest absolute Gasteiger partial charge is 0.507 e. The molecule has 4 heteroatoms. The molecule has 1 N–H and O–H groups in total. The predicted octanol–water partition coefficient (Wildman–Crippen LogP) is 3.38. The smallest absolute Gasteiger partial charge is 0.138 e. The van der Waals surface area contributed by atoms with Gasteiger partial charge in [-0.2, -0.15) is 0 Å². The van der Waals surface area contributed by atoms with Crippen molar-refractivity contribution >= 4 is 0 Å². The highest BCUT2D eigenvalue weighted by Crippen LogP contribution is 2.31. The number of halogens is 1. The summed E-state index contributed by atoms with van der Waals surface area (Å²) in [5.74, 6) is 0.0310. The molecular formula is C14H14FNO2. The molecule has 0 fully saturated rings. The summed E-state index contributed by atoms with van der Waals surface area (Å²) >= 11 is 0. The van der Waals surface area contributed by atoms with Crippen molar-refractivity contribution in [1.82, 2.24) is 4.98 Å². The molecule has 0 aliphatic rings. The van der Waals surface area contributed by atoms with Crippen LogP contribution in [-0.2, 0) is 0 Å². The number of rotatable bonds is 3. The molecule has 2 rings (SSSR count). The van der Waals surface area contributed by atoms with E-state index in [1.807, 2.05) is 13.8 Å². The summed E-state index contributed by atoms with van der Waals surface area (Å²) in [5, 5.41) is 9.71. The summed E-state index contributed by atoms with van der Waals surface area (Å²) < 4.78 is 18.4. The van der Waals surface area contributed by atoms with Gasteiger partial charge in [0.1, 0.15) is 17.3 Å². The molecular weight excluding hydrogens is 233 g/mol. The van der Waals surface area contributed by atoms with Crippen LogP contribution in [0.5, 0.6) is 11.5 Å². The topological polar surface area (TPSA) is 42.4 Å². The number of phenols is 1. The molecule has 0 amide bonds. The first-order valence-corrected chi connectivity index (χ1v) is 5.67. The lowest BCUT2D eigenvalue weighted by Crippen LogP contribution is -2.05. The fourth-order valence-corrected chi connectivity index (χ4v) is 1.65. The highest BCUT2D eigenvalue weighted by molar-refractivity contribution is 5.70. The van der Waals surface area contributed by atoms with Gasteiger partial charge in [-0.1, -0.05) is 0 Å². The van der Waals surface area contributed by atoms with Crippen molar-refractivity contribution in [2.75, 3.05) is 0 Å². The molecule has 2 aromatic rings. The number of aromatic hydroxyl groups is 1. The third-order valence-electron chi connectivity index (χ3n) is 2.36. The lowest BCUT2D eigenvalue weighted by atomic mass is 10.1. The number of ether oxygens (including phenoxy) is 1. The second-order valence-electron chi connectivity index (χ2n) is 4.24. The maximum Gasteiger partial charge on any atom is 0.138 e. The van der Waals surface area contributed by atoms with Crippen molar-refractivity contribution in [2.45, 2.75) is 20.0 Å². The van der Waals surface area contributed by atoms with Gasteiger partial charge < -0.3 is 9.84 Å². The van der Waals surface area contributed by atoms with Crippen LogP contribution >= 0.6 is 0 Å².